The van der Waals surface area contributed by atoms with E-state index in [9.17, 15) is 19.2 Å². The highest BCUT2D eigenvalue weighted by atomic mass is 16.5. The zero-order valence-corrected chi connectivity index (χ0v) is 17.3. The predicted molar refractivity (Wildman–Crippen MR) is 108 cm³/mol. The van der Waals surface area contributed by atoms with Crippen LogP contribution in [0.25, 0.3) is 0 Å². The number of carbonyl (C=O) groups excluding carboxylic acids is 4. The summed E-state index contributed by atoms with van der Waals surface area (Å²) in [5.41, 5.74) is 0.820. The maximum atomic E-state index is 12.8. The van der Waals surface area contributed by atoms with Crippen LogP contribution in [0, 0.1) is 5.92 Å². The summed E-state index contributed by atoms with van der Waals surface area (Å²) in [6.45, 7) is 4.01. The van der Waals surface area contributed by atoms with Crippen LogP contribution in [-0.2, 0) is 30.5 Å². The first-order valence-electron chi connectivity index (χ1n) is 10.1. The molecule has 3 amide bonds. The van der Waals surface area contributed by atoms with Crippen LogP contribution in [0.1, 0.15) is 38.7 Å². The fraction of sp³-hybridized carbons (Fsp3) is 0.524. The monoisotopic (exact) mass is 419 g/mol. The van der Waals surface area contributed by atoms with Gasteiger partial charge in [-0.2, -0.15) is 0 Å². The number of hydrogen-bond acceptors (Lipinski definition) is 6. The second kappa shape index (κ2) is 11.9. The normalized spacial score (nSPS) is 18.8. The van der Waals surface area contributed by atoms with E-state index in [4.69, 9.17) is 9.47 Å². The Hall–Kier alpha value is -2.94. The summed E-state index contributed by atoms with van der Waals surface area (Å²) in [7, 11) is 0. The number of nitrogens with one attached hydrogen (secondary N) is 3. The van der Waals surface area contributed by atoms with Crippen molar-refractivity contribution in [2.45, 2.75) is 51.8 Å². The molecule has 0 radical (unpaired) electrons. The standard InChI is InChI=1S/C21H29N3O6/c1-14(2)17(24-21(28)30-12-15-8-4-3-5-9-15)19(26)23-16-10-6-7-11-29-13-22-20(27)18(16)25/h3-5,8-9,14,16-17H,6-7,10-13H2,1-2H3,(H,22,27)(H,23,26)(H,24,28). The molecule has 0 bridgehead atoms. The predicted octanol–water partition coefficient (Wildman–Crippen LogP) is 1.27. The molecule has 1 aliphatic heterocycles. The molecule has 0 saturated carbocycles. The van der Waals surface area contributed by atoms with Gasteiger partial charge in [0.1, 0.15) is 19.4 Å². The highest BCUT2D eigenvalue weighted by molar-refractivity contribution is 6.38. The van der Waals surface area contributed by atoms with E-state index >= 15 is 0 Å². The van der Waals surface area contributed by atoms with Gasteiger partial charge in [-0.15, -0.1) is 0 Å². The van der Waals surface area contributed by atoms with Crippen molar-refractivity contribution < 1.29 is 28.7 Å². The fourth-order valence-corrected chi connectivity index (χ4v) is 2.94. The average molecular weight is 419 g/mol. The van der Waals surface area contributed by atoms with Crippen molar-refractivity contribution in [2.75, 3.05) is 13.3 Å². The molecular weight excluding hydrogens is 390 g/mol. The number of benzene rings is 1. The van der Waals surface area contributed by atoms with Crippen molar-refractivity contribution in [3.05, 3.63) is 35.9 Å². The molecule has 1 aliphatic rings. The number of ether oxygens (including phenoxy) is 2. The molecule has 0 spiro atoms. The van der Waals surface area contributed by atoms with E-state index in [0.717, 1.165) is 5.56 Å². The van der Waals surface area contributed by atoms with Crippen LogP contribution in [0.4, 0.5) is 4.79 Å². The number of alkyl carbamates (subject to hydrolysis) is 1. The first kappa shape index (κ1) is 23.3. The smallest absolute Gasteiger partial charge is 0.408 e. The third kappa shape index (κ3) is 7.47. The van der Waals surface area contributed by atoms with Crippen LogP contribution in [0.5, 0.6) is 0 Å². The molecule has 1 aromatic carbocycles. The Morgan fingerprint density at radius 2 is 1.93 bits per heavy atom. The van der Waals surface area contributed by atoms with Crippen LogP contribution >= 0.6 is 0 Å². The van der Waals surface area contributed by atoms with Gasteiger partial charge in [0.2, 0.25) is 11.7 Å². The van der Waals surface area contributed by atoms with Gasteiger partial charge in [-0.25, -0.2) is 4.79 Å². The van der Waals surface area contributed by atoms with Crippen molar-refractivity contribution in [1.82, 2.24) is 16.0 Å². The van der Waals surface area contributed by atoms with Crippen molar-refractivity contribution >= 4 is 23.7 Å². The van der Waals surface area contributed by atoms with Gasteiger partial charge in [0, 0.05) is 6.61 Å². The van der Waals surface area contributed by atoms with Gasteiger partial charge in [0.05, 0.1) is 6.04 Å². The average Bonchev–Trinajstić information content (AvgIpc) is 2.73. The summed E-state index contributed by atoms with van der Waals surface area (Å²) in [6.07, 6.45) is 0.889. The second-order valence-electron chi connectivity index (χ2n) is 7.41. The van der Waals surface area contributed by atoms with Gasteiger partial charge in [0.25, 0.3) is 5.91 Å². The quantitative estimate of drug-likeness (QED) is 0.597. The lowest BCUT2D eigenvalue weighted by atomic mass is 10.0. The Morgan fingerprint density at radius 1 is 1.20 bits per heavy atom. The first-order chi connectivity index (χ1) is 14.4. The Bertz CT molecular complexity index is 738. The zero-order chi connectivity index (χ0) is 21.9. The SMILES string of the molecule is CC(C)C(NC(=O)OCc1ccccc1)C(=O)NC1CCCCOCNC(=O)C1=O. The van der Waals surface area contributed by atoms with E-state index in [1.165, 1.54) is 0 Å². The molecule has 2 unspecified atom stereocenters. The van der Waals surface area contributed by atoms with Crippen LogP contribution < -0.4 is 16.0 Å². The van der Waals surface area contributed by atoms with E-state index in [1.54, 1.807) is 13.8 Å². The number of rotatable bonds is 6. The Kier molecular flexibility index (Phi) is 9.27. The fourth-order valence-electron chi connectivity index (χ4n) is 2.94. The summed E-state index contributed by atoms with van der Waals surface area (Å²) >= 11 is 0. The van der Waals surface area contributed by atoms with E-state index in [-0.39, 0.29) is 19.3 Å². The molecule has 164 valence electrons. The molecule has 1 heterocycles. The molecular formula is C21H29N3O6. The number of hydrogen-bond donors (Lipinski definition) is 3. The van der Waals surface area contributed by atoms with Gasteiger partial charge >= 0.3 is 6.09 Å². The number of carbonyl (C=O) groups is 4. The third-order valence-corrected chi connectivity index (χ3v) is 4.66. The molecule has 2 atom stereocenters. The topological polar surface area (TPSA) is 123 Å². The molecule has 1 fully saturated rings. The molecule has 1 aromatic rings. The second-order valence-corrected chi connectivity index (χ2v) is 7.41. The van der Waals surface area contributed by atoms with Gasteiger partial charge in [-0.3, -0.25) is 14.4 Å². The molecule has 2 rings (SSSR count). The van der Waals surface area contributed by atoms with Crippen molar-refractivity contribution in [3.63, 3.8) is 0 Å². The Labute approximate surface area is 175 Å². The summed E-state index contributed by atoms with van der Waals surface area (Å²) in [5, 5.41) is 7.53. The Morgan fingerprint density at radius 3 is 2.63 bits per heavy atom. The summed E-state index contributed by atoms with van der Waals surface area (Å²) in [5.74, 6) is -2.34. The maximum Gasteiger partial charge on any atom is 0.408 e. The molecule has 3 N–H and O–H groups in total. The molecule has 9 nitrogen and oxygen atoms in total. The van der Waals surface area contributed by atoms with Gasteiger partial charge in [-0.1, -0.05) is 44.2 Å². The van der Waals surface area contributed by atoms with Gasteiger partial charge < -0.3 is 25.4 Å². The van der Waals surface area contributed by atoms with Crippen molar-refractivity contribution in [1.29, 1.82) is 0 Å². The van der Waals surface area contributed by atoms with Crippen LogP contribution in [0.3, 0.4) is 0 Å². The molecule has 1 saturated heterocycles. The molecule has 0 aliphatic carbocycles. The van der Waals surface area contributed by atoms with E-state index in [2.05, 4.69) is 16.0 Å². The highest BCUT2D eigenvalue weighted by Gasteiger charge is 2.31. The van der Waals surface area contributed by atoms with Crippen LogP contribution in [-0.4, -0.2) is 49.1 Å². The highest BCUT2D eigenvalue weighted by Crippen LogP contribution is 2.09. The van der Waals surface area contributed by atoms with Gasteiger partial charge in [0.15, 0.2) is 0 Å². The maximum absolute atomic E-state index is 12.8. The van der Waals surface area contributed by atoms with Crippen LogP contribution in [0.15, 0.2) is 30.3 Å². The lowest BCUT2D eigenvalue weighted by molar-refractivity contribution is -0.141. The summed E-state index contributed by atoms with van der Waals surface area (Å²) in [6, 6.07) is 7.29. The third-order valence-electron chi connectivity index (χ3n) is 4.66. The molecule has 30 heavy (non-hydrogen) atoms. The van der Waals surface area contributed by atoms with Crippen LogP contribution in [0.2, 0.25) is 0 Å². The van der Waals surface area contributed by atoms with Crippen molar-refractivity contribution in [2.24, 2.45) is 5.92 Å². The zero-order valence-electron chi connectivity index (χ0n) is 17.3. The molecule has 0 aromatic heterocycles. The van der Waals surface area contributed by atoms with E-state index < -0.39 is 35.8 Å². The Balaban J connectivity index is 1.96. The lowest BCUT2D eigenvalue weighted by Crippen LogP contribution is -2.55. The molecule has 9 heteroatoms. The summed E-state index contributed by atoms with van der Waals surface area (Å²) < 4.78 is 10.4. The summed E-state index contributed by atoms with van der Waals surface area (Å²) in [4.78, 5) is 49.3. The minimum Gasteiger partial charge on any atom is -0.445 e. The lowest BCUT2D eigenvalue weighted by Gasteiger charge is -2.25. The largest absolute Gasteiger partial charge is 0.445 e. The van der Waals surface area contributed by atoms with Gasteiger partial charge in [-0.05, 0) is 30.7 Å². The number of amides is 3. The minimum absolute atomic E-state index is 0.0470. The number of ketones is 1. The first-order valence-corrected chi connectivity index (χ1v) is 10.1. The minimum atomic E-state index is -0.959. The van der Waals surface area contributed by atoms with E-state index in [0.29, 0.717) is 25.9 Å². The number of Topliss-reactive ketones (excluding diaryl/α,β-unsaturated/α-hetero) is 1. The van der Waals surface area contributed by atoms with Crippen molar-refractivity contribution in [3.8, 4) is 0 Å². The van der Waals surface area contributed by atoms with E-state index in [1.807, 2.05) is 30.3 Å².